The van der Waals surface area contributed by atoms with E-state index in [0.717, 1.165) is 55.7 Å². The van der Waals surface area contributed by atoms with E-state index in [1.165, 1.54) is 12.8 Å². The predicted octanol–water partition coefficient (Wildman–Crippen LogP) is 3.00. The number of ether oxygens (including phenoxy) is 1. The van der Waals surface area contributed by atoms with Crippen molar-refractivity contribution in [1.82, 2.24) is 15.2 Å². The van der Waals surface area contributed by atoms with E-state index < -0.39 is 0 Å². The largest absolute Gasteiger partial charge is 0.377 e. The summed E-state index contributed by atoms with van der Waals surface area (Å²) in [6.45, 7) is 3.98. The summed E-state index contributed by atoms with van der Waals surface area (Å²) < 4.78 is 5.72. The molecule has 0 radical (unpaired) electrons. The van der Waals surface area contributed by atoms with Crippen LogP contribution in [0, 0.1) is 0 Å². The normalized spacial score (nSPS) is 21.8. The summed E-state index contributed by atoms with van der Waals surface area (Å²) in [7, 11) is 0. The van der Waals surface area contributed by atoms with Crippen LogP contribution in [0.2, 0.25) is 0 Å². The first kappa shape index (κ1) is 17.2. The SMILES string of the molecule is O=C(Nc1ccc2ncccc2c1)NC1CCN(CC2CCCO2)CC1. The zero-order chi connectivity index (χ0) is 17.8. The second-order valence-electron chi connectivity index (χ2n) is 7.22. The summed E-state index contributed by atoms with van der Waals surface area (Å²) in [5, 5.41) is 7.07. The molecule has 2 aliphatic heterocycles. The lowest BCUT2D eigenvalue weighted by molar-refractivity contribution is 0.0633. The Morgan fingerprint density at radius 1 is 1.23 bits per heavy atom. The lowest BCUT2D eigenvalue weighted by atomic mass is 10.0. The van der Waals surface area contributed by atoms with Crippen molar-refractivity contribution in [2.24, 2.45) is 0 Å². The third kappa shape index (κ3) is 4.31. The van der Waals surface area contributed by atoms with Gasteiger partial charge < -0.3 is 20.3 Å². The number of aromatic nitrogens is 1. The summed E-state index contributed by atoms with van der Waals surface area (Å²) in [4.78, 5) is 19.1. The second kappa shape index (κ2) is 8.01. The molecule has 0 saturated carbocycles. The number of pyridine rings is 1. The monoisotopic (exact) mass is 354 g/mol. The number of piperidine rings is 1. The van der Waals surface area contributed by atoms with E-state index >= 15 is 0 Å². The highest BCUT2D eigenvalue weighted by Gasteiger charge is 2.24. The van der Waals surface area contributed by atoms with Gasteiger partial charge in [0.1, 0.15) is 0 Å². The van der Waals surface area contributed by atoms with Crippen LogP contribution in [0.15, 0.2) is 36.5 Å². The molecular formula is C20H26N4O2. The number of urea groups is 1. The lowest BCUT2D eigenvalue weighted by Crippen LogP contribution is -2.47. The fraction of sp³-hybridized carbons (Fsp3) is 0.500. The van der Waals surface area contributed by atoms with Gasteiger partial charge in [-0.15, -0.1) is 0 Å². The molecule has 0 spiro atoms. The molecule has 2 aliphatic rings. The maximum Gasteiger partial charge on any atom is 0.319 e. The summed E-state index contributed by atoms with van der Waals surface area (Å²) >= 11 is 0. The first-order valence-electron chi connectivity index (χ1n) is 9.52. The number of nitrogens with one attached hydrogen (secondary N) is 2. The van der Waals surface area contributed by atoms with Gasteiger partial charge in [0.2, 0.25) is 0 Å². The fourth-order valence-electron chi connectivity index (χ4n) is 3.84. The van der Waals surface area contributed by atoms with Gasteiger partial charge in [-0.2, -0.15) is 0 Å². The van der Waals surface area contributed by atoms with Gasteiger partial charge in [0, 0.05) is 49.6 Å². The van der Waals surface area contributed by atoms with Crippen LogP contribution < -0.4 is 10.6 Å². The molecule has 1 atom stereocenters. The van der Waals surface area contributed by atoms with Gasteiger partial charge in [0.05, 0.1) is 11.6 Å². The van der Waals surface area contributed by atoms with Crippen LogP contribution >= 0.6 is 0 Å². The predicted molar refractivity (Wildman–Crippen MR) is 102 cm³/mol. The molecule has 138 valence electrons. The van der Waals surface area contributed by atoms with Crippen molar-refractivity contribution in [2.45, 2.75) is 37.8 Å². The molecule has 26 heavy (non-hydrogen) atoms. The number of carbonyl (C=O) groups excluding carboxylic acids is 1. The summed E-state index contributed by atoms with van der Waals surface area (Å²) in [5.74, 6) is 0. The molecule has 3 heterocycles. The van der Waals surface area contributed by atoms with E-state index in [9.17, 15) is 4.79 Å². The number of rotatable bonds is 4. The number of nitrogens with zero attached hydrogens (tertiary/aromatic N) is 2. The molecule has 6 heteroatoms. The lowest BCUT2D eigenvalue weighted by Gasteiger charge is -2.33. The minimum atomic E-state index is -0.134. The third-order valence-electron chi connectivity index (χ3n) is 5.27. The van der Waals surface area contributed by atoms with E-state index in [1.807, 2.05) is 30.3 Å². The minimum Gasteiger partial charge on any atom is -0.377 e. The highest BCUT2D eigenvalue weighted by molar-refractivity contribution is 5.92. The van der Waals surface area contributed by atoms with Crippen molar-refractivity contribution < 1.29 is 9.53 Å². The van der Waals surface area contributed by atoms with Gasteiger partial charge >= 0.3 is 6.03 Å². The van der Waals surface area contributed by atoms with E-state index in [1.54, 1.807) is 6.20 Å². The number of hydrogen-bond acceptors (Lipinski definition) is 4. The standard InChI is InChI=1S/C20H26N4O2/c25-20(23-17-5-6-19-15(13-17)3-1-9-21-19)22-16-7-10-24(11-8-16)14-18-4-2-12-26-18/h1,3,5-6,9,13,16,18H,2,4,7-8,10-12,14H2,(H2,22,23,25). The molecule has 2 N–H and O–H groups in total. The van der Waals surface area contributed by atoms with Crippen molar-refractivity contribution in [3.8, 4) is 0 Å². The molecule has 0 aliphatic carbocycles. The number of anilines is 1. The summed E-state index contributed by atoms with van der Waals surface area (Å²) in [5.41, 5.74) is 1.72. The number of hydrogen-bond donors (Lipinski definition) is 2. The molecule has 2 aromatic rings. The molecule has 1 aromatic carbocycles. The quantitative estimate of drug-likeness (QED) is 0.886. The van der Waals surface area contributed by atoms with Crippen molar-refractivity contribution in [2.75, 3.05) is 31.6 Å². The van der Waals surface area contributed by atoms with Gasteiger partial charge in [-0.3, -0.25) is 4.98 Å². The molecule has 2 fully saturated rings. The first-order chi connectivity index (χ1) is 12.8. The van der Waals surface area contributed by atoms with Gasteiger partial charge in [0.25, 0.3) is 0 Å². The van der Waals surface area contributed by atoms with Crippen molar-refractivity contribution in [3.63, 3.8) is 0 Å². The number of likely N-dealkylation sites (tertiary alicyclic amines) is 1. The molecule has 6 nitrogen and oxygen atoms in total. The zero-order valence-corrected chi connectivity index (χ0v) is 15.0. The molecule has 4 rings (SSSR count). The van der Waals surface area contributed by atoms with E-state index in [4.69, 9.17) is 4.74 Å². The van der Waals surface area contributed by atoms with Gasteiger partial charge in [0.15, 0.2) is 0 Å². The van der Waals surface area contributed by atoms with Gasteiger partial charge in [-0.1, -0.05) is 6.07 Å². The van der Waals surface area contributed by atoms with Crippen LogP contribution in [-0.4, -0.2) is 54.3 Å². The molecular weight excluding hydrogens is 328 g/mol. The zero-order valence-electron chi connectivity index (χ0n) is 15.0. The van der Waals surface area contributed by atoms with Crippen molar-refractivity contribution >= 4 is 22.6 Å². The average Bonchev–Trinajstić information content (AvgIpc) is 3.16. The topological polar surface area (TPSA) is 66.5 Å². The number of amides is 2. The van der Waals surface area contributed by atoms with E-state index in [-0.39, 0.29) is 12.1 Å². The summed E-state index contributed by atoms with van der Waals surface area (Å²) in [6.07, 6.45) is 6.53. The highest BCUT2D eigenvalue weighted by atomic mass is 16.5. The van der Waals surface area contributed by atoms with Crippen LogP contribution in [0.5, 0.6) is 0 Å². The summed E-state index contributed by atoms with van der Waals surface area (Å²) in [6, 6.07) is 9.76. The maximum absolute atomic E-state index is 12.3. The van der Waals surface area contributed by atoms with Crippen LogP contribution in [0.3, 0.4) is 0 Å². The number of benzene rings is 1. The van der Waals surface area contributed by atoms with Crippen LogP contribution in [0.4, 0.5) is 10.5 Å². The molecule has 2 saturated heterocycles. The highest BCUT2D eigenvalue weighted by Crippen LogP contribution is 2.18. The van der Waals surface area contributed by atoms with Crippen LogP contribution in [0.25, 0.3) is 10.9 Å². The minimum absolute atomic E-state index is 0.134. The Morgan fingerprint density at radius 2 is 2.12 bits per heavy atom. The fourth-order valence-corrected chi connectivity index (χ4v) is 3.84. The Kier molecular flexibility index (Phi) is 5.32. The Hall–Kier alpha value is -2.18. The molecule has 0 bridgehead atoms. The maximum atomic E-state index is 12.3. The molecule has 2 amide bonds. The number of fused-ring (bicyclic) bond motifs is 1. The Balaban J connectivity index is 1.24. The molecule has 1 unspecified atom stereocenters. The molecule has 1 aromatic heterocycles. The van der Waals surface area contributed by atoms with Crippen LogP contribution in [-0.2, 0) is 4.74 Å². The van der Waals surface area contributed by atoms with Gasteiger partial charge in [-0.05, 0) is 49.9 Å². The van der Waals surface area contributed by atoms with Crippen molar-refractivity contribution in [1.29, 1.82) is 0 Å². The van der Waals surface area contributed by atoms with Crippen molar-refractivity contribution in [3.05, 3.63) is 36.5 Å². The second-order valence-corrected chi connectivity index (χ2v) is 7.22. The van der Waals surface area contributed by atoms with Gasteiger partial charge in [-0.25, -0.2) is 4.79 Å². The smallest absolute Gasteiger partial charge is 0.319 e. The Labute approximate surface area is 153 Å². The Bertz CT molecular complexity index is 752. The number of carbonyl (C=O) groups is 1. The average molecular weight is 354 g/mol. The van der Waals surface area contributed by atoms with E-state index in [0.29, 0.717) is 6.10 Å². The van der Waals surface area contributed by atoms with E-state index in [2.05, 4.69) is 20.5 Å². The third-order valence-corrected chi connectivity index (χ3v) is 5.27. The van der Waals surface area contributed by atoms with Crippen LogP contribution in [0.1, 0.15) is 25.7 Å². The Morgan fingerprint density at radius 3 is 2.92 bits per heavy atom. The first-order valence-corrected chi connectivity index (χ1v) is 9.52.